The zero-order chi connectivity index (χ0) is 13.0. The largest absolute Gasteiger partial charge is 0.340 e. The highest BCUT2D eigenvalue weighted by Gasteiger charge is 2.23. The van der Waals surface area contributed by atoms with E-state index in [0.717, 1.165) is 37.9 Å². The van der Waals surface area contributed by atoms with E-state index in [9.17, 15) is 4.79 Å². The Morgan fingerprint density at radius 3 is 3.06 bits per heavy atom. The number of amides is 1. The topological polar surface area (TPSA) is 46.1 Å². The van der Waals surface area contributed by atoms with E-state index in [4.69, 9.17) is 11.6 Å². The summed E-state index contributed by atoms with van der Waals surface area (Å²) in [5, 5.41) is 0.479. The van der Waals surface area contributed by atoms with Crippen LogP contribution in [0.2, 0.25) is 5.15 Å². The first kappa shape index (κ1) is 13.3. The van der Waals surface area contributed by atoms with E-state index in [1.165, 1.54) is 12.7 Å². The van der Waals surface area contributed by atoms with Gasteiger partial charge in [-0.3, -0.25) is 4.79 Å². The summed E-state index contributed by atoms with van der Waals surface area (Å²) in [5.74, 6) is 0.181. The molecule has 1 amide bonds. The molecule has 0 bridgehead atoms. The molecule has 0 spiro atoms. The third kappa shape index (κ3) is 3.42. The molecule has 1 aliphatic heterocycles. The first-order valence-corrected chi connectivity index (χ1v) is 6.78. The van der Waals surface area contributed by atoms with Crippen molar-refractivity contribution in [1.82, 2.24) is 14.9 Å². The van der Waals surface area contributed by atoms with Crippen molar-refractivity contribution in [3.63, 3.8) is 0 Å². The lowest BCUT2D eigenvalue weighted by Crippen LogP contribution is -2.42. The van der Waals surface area contributed by atoms with Gasteiger partial charge in [-0.2, -0.15) is 0 Å². The van der Waals surface area contributed by atoms with Crippen LogP contribution in [0.1, 0.15) is 38.3 Å². The predicted molar refractivity (Wildman–Crippen MR) is 70.4 cm³/mol. The number of halogens is 1. The van der Waals surface area contributed by atoms with Crippen molar-refractivity contribution in [2.75, 3.05) is 6.54 Å². The second kappa shape index (κ2) is 6.14. The molecule has 1 aromatic rings. The second-order valence-corrected chi connectivity index (χ2v) is 5.12. The summed E-state index contributed by atoms with van der Waals surface area (Å²) in [5.41, 5.74) is 0.948. The van der Waals surface area contributed by atoms with Gasteiger partial charge in [-0.1, -0.05) is 11.6 Å². The van der Waals surface area contributed by atoms with Crippen molar-refractivity contribution in [2.24, 2.45) is 0 Å². The third-order valence-corrected chi connectivity index (χ3v) is 3.66. The van der Waals surface area contributed by atoms with Crippen LogP contribution in [0.5, 0.6) is 0 Å². The molecule has 0 aromatic carbocycles. The van der Waals surface area contributed by atoms with Crippen molar-refractivity contribution >= 4 is 17.5 Å². The number of likely N-dealkylation sites (tertiary alicyclic amines) is 1. The van der Waals surface area contributed by atoms with Crippen LogP contribution in [0.3, 0.4) is 0 Å². The molecule has 2 heterocycles. The number of carbonyl (C=O) groups is 1. The van der Waals surface area contributed by atoms with E-state index in [1.807, 2.05) is 4.90 Å². The highest BCUT2D eigenvalue weighted by atomic mass is 35.5. The van der Waals surface area contributed by atoms with Crippen molar-refractivity contribution in [1.29, 1.82) is 0 Å². The number of hydrogen-bond donors (Lipinski definition) is 0. The third-order valence-electron chi connectivity index (χ3n) is 3.46. The standard InChI is InChI=1S/C13H18ClN3O/c1-10(18)17-7-3-2-4-12(17)6-5-11-8-13(14)16-9-15-11/h8-9,12H,2-7H2,1H3/t12-/m0/s1. The van der Waals surface area contributed by atoms with Crippen LogP contribution in [0.25, 0.3) is 0 Å². The fraction of sp³-hybridized carbons (Fsp3) is 0.615. The smallest absolute Gasteiger partial charge is 0.219 e. The number of rotatable bonds is 3. The zero-order valence-corrected chi connectivity index (χ0v) is 11.4. The minimum absolute atomic E-state index is 0.181. The molecule has 18 heavy (non-hydrogen) atoms. The number of hydrogen-bond acceptors (Lipinski definition) is 3. The molecule has 4 nitrogen and oxygen atoms in total. The molecule has 0 radical (unpaired) electrons. The summed E-state index contributed by atoms with van der Waals surface area (Å²) in [4.78, 5) is 21.6. The maximum Gasteiger partial charge on any atom is 0.219 e. The number of aromatic nitrogens is 2. The minimum Gasteiger partial charge on any atom is -0.340 e. The summed E-state index contributed by atoms with van der Waals surface area (Å²) in [6, 6.07) is 2.15. The van der Waals surface area contributed by atoms with Crippen LogP contribution in [-0.2, 0) is 11.2 Å². The lowest BCUT2D eigenvalue weighted by atomic mass is 9.97. The van der Waals surface area contributed by atoms with Crippen LogP contribution in [0.15, 0.2) is 12.4 Å². The maximum atomic E-state index is 11.6. The average molecular weight is 268 g/mol. The van der Waals surface area contributed by atoms with Gasteiger partial charge in [0.1, 0.15) is 11.5 Å². The maximum absolute atomic E-state index is 11.6. The Balaban J connectivity index is 1.93. The lowest BCUT2D eigenvalue weighted by Gasteiger charge is -2.35. The summed E-state index contributed by atoms with van der Waals surface area (Å²) in [6.07, 6.45) is 6.71. The molecular weight excluding hydrogens is 250 g/mol. The molecular formula is C13H18ClN3O. The van der Waals surface area contributed by atoms with Gasteiger partial charge >= 0.3 is 0 Å². The number of piperidine rings is 1. The van der Waals surface area contributed by atoms with Crippen molar-refractivity contribution in [3.8, 4) is 0 Å². The van der Waals surface area contributed by atoms with Crippen LogP contribution in [0, 0.1) is 0 Å². The van der Waals surface area contributed by atoms with E-state index in [2.05, 4.69) is 9.97 Å². The number of carbonyl (C=O) groups excluding carboxylic acids is 1. The highest BCUT2D eigenvalue weighted by Crippen LogP contribution is 2.21. The van der Waals surface area contributed by atoms with Gasteiger partial charge in [-0.05, 0) is 38.2 Å². The van der Waals surface area contributed by atoms with E-state index in [1.54, 1.807) is 13.0 Å². The monoisotopic (exact) mass is 267 g/mol. The minimum atomic E-state index is 0.181. The van der Waals surface area contributed by atoms with Crippen LogP contribution in [-0.4, -0.2) is 33.4 Å². The van der Waals surface area contributed by atoms with E-state index < -0.39 is 0 Å². The Morgan fingerprint density at radius 2 is 2.33 bits per heavy atom. The Morgan fingerprint density at radius 1 is 1.50 bits per heavy atom. The van der Waals surface area contributed by atoms with Crippen LogP contribution < -0.4 is 0 Å². The van der Waals surface area contributed by atoms with Gasteiger partial charge in [0.05, 0.1) is 0 Å². The fourth-order valence-corrected chi connectivity index (χ4v) is 2.71. The van der Waals surface area contributed by atoms with Gasteiger partial charge in [-0.25, -0.2) is 9.97 Å². The molecule has 0 saturated carbocycles. The summed E-state index contributed by atoms with van der Waals surface area (Å²) >= 11 is 5.83. The van der Waals surface area contributed by atoms with Crippen LogP contribution in [0.4, 0.5) is 0 Å². The summed E-state index contributed by atoms with van der Waals surface area (Å²) in [6.45, 7) is 2.55. The molecule has 1 saturated heterocycles. The average Bonchev–Trinajstić information content (AvgIpc) is 2.37. The molecule has 0 aliphatic carbocycles. The van der Waals surface area contributed by atoms with E-state index in [-0.39, 0.29) is 5.91 Å². The number of nitrogens with zero attached hydrogens (tertiary/aromatic N) is 3. The van der Waals surface area contributed by atoms with E-state index in [0.29, 0.717) is 11.2 Å². The summed E-state index contributed by atoms with van der Waals surface area (Å²) < 4.78 is 0. The number of aryl methyl sites for hydroxylation is 1. The van der Waals surface area contributed by atoms with Crippen molar-refractivity contribution in [2.45, 2.75) is 45.1 Å². The molecule has 0 unspecified atom stereocenters. The van der Waals surface area contributed by atoms with Gasteiger partial charge in [0.2, 0.25) is 5.91 Å². The molecule has 2 rings (SSSR count). The van der Waals surface area contributed by atoms with Gasteiger partial charge in [0, 0.05) is 25.2 Å². The Labute approximate surface area is 112 Å². The zero-order valence-electron chi connectivity index (χ0n) is 10.6. The molecule has 1 aromatic heterocycles. The second-order valence-electron chi connectivity index (χ2n) is 4.73. The molecule has 5 heteroatoms. The molecule has 1 atom stereocenters. The molecule has 98 valence electrons. The lowest BCUT2D eigenvalue weighted by molar-refractivity contribution is -0.132. The first-order valence-electron chi connectivity index (χ1n) is 6.40. The van der Waals surface area contributed by atoms with Gasteiger partial charge in [-0.15, -0.1) is 0 Å². The Bertz CT molecular complexity index is 424. The van der Waals surface area contributed by atoms with Gasteiger partial charge in [0.15, 0.2) is 0 Å². The fourth-order valence-electron chi connectivity index (χ4n) is 2.54. The van der Waals surface area contributed by atoms with Crippen LogP contribution >= 0.6 is 11.6 Å². The van der Waals surface area contributed by atoms with Crippen molar-refractivity contribution < 1.29 is 4.79 Å². The summed E-state index contributed by atoms with van der Waals surface area (Å²) in [7, 11) is 0. The molecule has 0 N–H and O–H groups in total. The predicted octanol–water partition coefficient (Wildman–Crippen LogP) is 2.46. The van der Waals surface area contributed by atoms with E-state index >= 15 is 0 Å². The quantitative estimate of drug-likeness (QED) is 0.791. The SMILES string of the molecule is CC(=O)N1CCCC[C@H]1CCc1cc(Cl)ncn1. The Kier molecular flexibility index (Phi) is 4.53. The van der Waals surface area contributed by atoms with Crippen molar-refractivity contribution in [3.05, 3.63) is 23.2 Å². The van der Waals surface area contributed by atoms with Gasteiger partial charge < -0.3 is 4.90 Å². The highest BCUT2D eigenvalue weighted by molar-refractivity contribution is 6.29. The molecule has 1 fully saturated rings. The van der Waals surface area contributed by atoms with Gasteiger partial charge in [0.25, 0.3) is 0 Å². The first-order chi connectivity index (χ1) is 8.66. The Hall–Kier alpha value is -1.16. The molecule has 1 aliphatic rings. The normalized spacial score (nSPS) is 19.9.